The molecule has 0 fully saturated rings. The molecule has 1 heterocycles. The van der Waals surface area contributed by atoms with Crippen molar-refractivity contribution in [2.45, 2.75) is 39.2 Å². The number of urea groups is 1. The fourth-order valence-electron chi connectivity index (χ4n) is 1.78. The molecule has 0 unspecified atom stereocenters. The molecule has 0 aliphatic carbocycles. The largest absolute Gasteiger partial charge is 0.480 e. The summed E-state index contributed by atoms with van der Waals surface area (Å²) < 4.78 is 0. The van der Waals surface area contributed by atoms with Crippen molar-refractivity contribution in [2.24, 2.45) is 0 Å². The molecule has 1 rings (SSSR count). The molecule has 20 heavy (non-hydrogen) atoms. The predicted octanol–water partition coefficient (Wildman–Crippen LogP) is 2.53. The van der Waals surface area contributed by atoms with E-state index >= 15 is 0 Å². The Morgan fingerprint density at radius 2 is 2.10 bits per heavy atom. The summed E-state index contributed by atoms with van der Waals surface area (Å²) in [5, 5.41) is 13.7. The molecule has 0 atom stereocenters. The minimum Gasteiger partial charge on any atom is -0.480 e. The van der Waals surface area contributed by atoms with Crippen molar-refractivity contribution in [3.05, 3.63) is 22.4 Å². The number of thiophene rings is 1. The molecule has 0 radical (unpaired) electrons. The van der Waals surface area contributed by atoms with Crippen LogP contribution in [0.3, 0.4) is 0 Å². The van der Waals surface area contributed by atoms with Gasteiger partial charge in [0.15, 0.2) is 0 Å². The van der Waals surface area contributed by atoms with E-state index in [-0.39, 0.29) is 24.0 Å². The number of nitrogens with one attached hydrogen (secondary N) is 1. The lowest BCUT2D eigenvalue weighted by atomic mass is 9.91. The Labute approximate surface area is 123 Å². The third kappa shape index (κ3) is 4.52. The molecule has 5 nitrogen and oxygen atoms in total. The van der Waals surface area contributed by atoms with Gasteiger partial charge in [-0.1, -0.05) is 19.9 Å². The van der Waals surface area contributed by atoms with Crippen LogP contribution in [0.15, 0.2) is 17.5 Å². The fraction of sp³-hybridized carbons (Fsp3) is 0.571. The monoisotopic (exact) mass is 298 g/mol. The first-order valence-corrected chi connectivity index (χ1v) is 7.42. The highest BCUT2D eigenvalue weighted by Gasteiger charge is 2.25. The summed E-state index contributed by atoms with van der Waals surface area (Å²) in [6.07, 6.45) is 0. The number of hydrogen-bond donors (Lipinski definition) is 2. The van der Waals surface area contributed by atoms with Crippen LogP contribution in [0, 0.1) is 0 Å². The number of carboxylic acid groups (broad SMARTS) is 1. The van der Waals surface area contributed by atoms with Gasteiger partial charge in [0, 0.05) is 22.9 Å². The van der Waals surface area contributed by atoms with Gasteiger partial charge in [-0.05, 0) is 25.3 Å². The third-order valence-electron chi connectivity index (χ3n) is 3.06. The minimum atomic E-state index is -1.01. The first kappa shape index (κ1) is 16.5. The molecule has 2 amide bonds. The van der Waals surface area contributed by atoms with Crippen molar-refractivity contribution in [1.82, 2.24) is 10.2 Å². The summed E-state index contributed by atoms with van der Waals surface area (Å²) >= 11 is 1.65. The van der Waals surface area contributed by atoms with Crippen LogP contribution in [0.1, 0.15) is 32.6 Å². The fourth-order valence-corrected chi connectivity index (χ4v) is 2.64. The van der Waals surface area contributed by atoms with E-state index in [1.165, 1.54) is 9.78 Å². The highest BCUT2D eigenvalue weighted by molar-refractivity contribution is 7.10. The molecule has 0 saturated carbocycles. The van der Waals surface area contributed by atoms with Crippen LogP contribution in [0.25, 0.3) is 0 Å². The molecular formula is C14H22N2O3S. The quantitative estimate of drug-likeness (QED) is 0.848. The van der Waals surface area contributed by atoms with Crippen molar-refractivity contribution >= 4 is 23.3 Å². The Balaban J connectivity index is 2.63. The lowest BCUT2D eigenvalue weighted by molar-refractivity contribution is -0.138. The Hall–Kier alpha value is -1.56. The average Bonchev–Trinajstić information content (AvgIpc) is 2.87. The Morgan fingerprint density at radius 3 is 2.55 bits per heavy atom. The van der Waals surface area contributed by atoms with Crippen LogP contribution in [0.4, 0.5) is 4.79 Å². The van der Waals surface area contributed by atoms with Crippen molar-refractivity contribution in [1.29, 1.82) is 0 Å². The molecule has 2 N–H and O–H groups in total. The summed E-state index contributed by atoms with van der Waals surface area (Å²) in [4.78, 5) is 25.4. The van der Waals surface area contributed by atoms with Gasteiger partial charge in [0.25, 0.3) is 0 Å². The van der Waals surface area contributed by atoms with Crippen LogP contribution < -0.4 is 5.32 Å². The maximum atomic E-state index is 12.1. The molecule has 0 aliphatic heterocycles. The Kier molecular flexibility index (Phi) is 5.56. The van der Waals surface area contributed by atoms with Crippen LogP contribution in [-0.4, -0.2) is 41.1 Å². The molecule has 112 valence electrons. The van der Waals surface area contributed by atoms with Gasteiger partial charge in [0.05, 0.1) is 0 Å². The van der Waals surface area contributed by atoms with Gasteiger partial charge >= 0.3 is 12.0 Å². The van der Waals surface area contributed by atoms with Gasteiger partial charge in [-0.25, -0.2) is 4.79 Å². The third-order valence-corrected chi connectivity index (χ3v) is 4.30. The second-order valence-electron chi connectivity index (χ2n) is 5.64. The number of carbonyl (C=O) groups is 2. The standard InChI is InChI=1S/C14H22N2O3S/c1-10(2)16(8-12(17)18)13(19)15-9-14(3,4)11-6-5-7-20-11/h5-7,10H,8-9H2,1-4H3,(H,15,19)(H,17,18). The van der Waals surface area contributed by atoms with Gasteiger partial charge in [-0.3, -0.25) is 4.79 Å². The molecule has 0 bridgehead atoms. The van der Waals surface area contributed by atoms with Gasteiger partial charge in [0.1, 0.15) is 6.54 Å². The number of nitrogens with zero attached hydrogens (tertiary/aromatic N) is 1. The second kappa shape index (κ2) is 6.74. The van der Waals surface area contributed by atoms with Gasteiger partial charge in [-0.2, -0.15) is 0 Å². The van der Waals surface area contributed by atoms with E-state index in [4.69, 9.17) is 5.11 Å². The van der Waals surface area contributed by atoms with Crippen molar-refractivity contribution in [2.75, 3.05) is 13.1 Å². The maximum absolute atomic E-state index is 12.1. The molecule has 1 aromatic rings. The molecular weight excluding hydrogens is 276 g/mol. The van der Waals surface area contributed by atoms with Crippen LogP contribution >= 0.6 is 11.3 Å². The summed E-state index contributed by atoms with van der Waals surface area (Å²) in [5.74, 6) is -1.01. The smallest absolute Gasteiger partial charge is 0.323 e. The zero-order chi connectivity index (χ0) is 15.3. The number of rotatable bonds is 6. The first-order valence-electron chi connectivity index (χ1n) is 6.54. The number of carbonyl (C=O) groups excluding carboxylic acids is 1. The van der Waals surface area contributed by atoms with E-state index in [0.717, 1.165) is 0 Å². The van der Waals surface area contributed by atoms with Gasteiger partial charge in [0.2, 0.25) is 0 Å². The van der Waals surface area contributed by atoms with Crippen molar-refractivity contribution in [3.8, 4) is 0 Å². The number of amides is 2. The predicted molar refractivity (Wildman–Crippen MR) is 80.2 cm³/mol. The normalized spacial score (nSPS) is 11.4. The molecule has 1 aromatic heterocycles. The highest BCUT2D eigenvalue weighted by atomic mass is 32.1. The molecule has 0 spiro atoms. The van der Waals surface area contributed by atoms with Crippen molar-refractivity contribution < 1.29 is 14.7 Å². The average molecular weight is 298 g/mol. The maximum Gasteiger partial charge on any atom is 0.323 e. The molecule has 0 saturated heterocycles. The Morgan fingerprint density at radius 1 is 1.45 bits per heavy atom. The molecule has 0 aromatic carbocycles. The molecule has 0 aliphatic rings. The number of hydrogen-bond acceptors (Lipinski definition) is 3. The summed E-state index contributed by atoms with van der Waals surface area (Å²) in [7, 11) is 0. The van der Waals surface area contributed by atoms with E-state index < -0.39 is 5.97 Å². The van der Waals surface area contributed by atoms with E-state index in [9.17, 15) is 9.59 Å². The topological polar surface area (TPSA) is 69.6 Å². The van der Waals surface area contributed by atoms with Gasteiger partial charge < -0.3 is 15.3 Å². The summed E-state index contributed by atoms with van der Waals surface area (Å²) in [5.41, 5.74) is -0.171. The SMILES string of the molecule is CC(C)N(CC(=O)O)C(=O)NCC(C)(C)c1cccs1. The van der Waals surface area contributed by atoms with E-state index in [1.807, 2.05) is 17.5 Å². The zero-order valence-electron chi connectivity index (χ0n) is 12.3. The highest BCUT2D eigenvalue weighted by Crippen LogP contribution is 2.26. The van der Waals surface area contributed by atoms with Crippen LogP contribution in [-0.2, 0) is 10.2 Å². The zero-order valence-corrected chi connectivity index (χ0v) is 13.2. The van der Waals surface area contributed by atoms with Gasteiger partial charge in [-0.15, -0.1) is 11.3 Å². The first-order chi connectivity index (χ1) is 9.24. The molecule has 6 heteroatoms. The van der Waals surface area contributed by atoms with E-state index in [2.05, 4.69) is 19.2 Å². The lowest BCUT2D eigenvalue weighted by Crippen LogP contribution is -2.49. The second-order valence-corrected chi connectivity index (χ2v) is 6.58. The Bertz CT molecular complexity index is 455. The van der Waals surface area contributed by atoms with Crippen molar-refractivity contribution in [3.63, 3.8) is 0 Å². The summed E-state index contributed by atoms with van der Waals surface area (Å²) in [6, 6.07) is 3.52. The number of aliphatic carboxylic acids is 1. The minimum absolute atomic E-state index is 0.157. The van der Waals surface area contributed by atoms with E-state index in [1.54, 1.807) is 25.2 Å². The summed E-state index contributed by atoms with van der Waals surface area (Å²) in [6.45, 7) is 7.88. The lowest BCUT2D eigenvalue weighted by Gasteiger charge is -2.29. The van der Waals surface area contributed by atoms with Crippen LogP contribution in [0.2, 0.25) is 0 Å². The number of carboxylic acids is 1. The van der Waals surface area contributed by atoms with Crippen LogP contribution in [0.5, 0.6) is 0 Å². The van der Waals surface area contributed by atoms with E-state index in [0.29, 0.717) is 6.54 Å².